The van der Waals surface area contributed by atoms with Gasteiger partial charge in [-0.1, -0.05) is 19.1 Å². The monoisotopic (exact) mass is 220 g/mol. The van der Waals surface area contributed by atoms with E-state index in [1.807, 2.05) is 30.3 Å². The average Bonchev–Trinajstić information content (AvgIpc) is 2.21. The quantitative estimate of drug-likeness (QED) is 0.794. The summed E-state index contributed by atoms with van der Waals surface area (Å²) in [5, 5.41) is 11.1. The number of rotatable bonds is 4. The van der Waals surface area contributed by atoms with Gasteiger partial charge in [0.15, 0.2) is 0 Å². The first kappa shape index (κ1) is 11.6. The van der Waals surface area contributed by atoms with E-state index in [1.165, 1.54) is 0 Å². The van der Waals surface area contributed by atoms with E-state index in [-0.39, 0.29) is 12.3 Å². The Morgan fingerprint density at radius 2 is 2.27 bits per heavy atom. The van der Waals surface area contributed by atoms with Crippen molar-refractivity contribution in [2.45, 2.75) is 18.2 Å². The SMILES string of the molecule is CCSc1ccccc1NC(=O)CC#N. The van der Waals surface area contributed by atoms with Crippen molar-refractivity contribution in [1.29, 1.82) is 5.26 Å². The van der Waals surface area contributed by atoms with Crippen LogP contribution in [0.5, 0.6) is 0 Å². The topological polar surface area (TPSA) is 52.9 Å². The standard InChI is InChI=1S/C11H12N2OS/c1-2-15-10-6-4-3-5-9(10)13-11(14)7-8-12/h3-6H,2,7H2,1H3,(H,13,14). The van der Waals surface area contributed by atoms with Crippen molar-refractivity contribution >= 4 is 23.4 Å². The number of hydrogen-bond acceptors (Lipinski definition) is 3. The fraction of sp³-hybridized carbons (Fsp3) is 0.273. The predicted octanol–water partition coefficient (Wildman–Crippen LogP) is 2.65. The highest BCUT2D eigenvalue weighted by molar-refractivity contribution is 7.99. The molecular formula is C11H12N2OS. The molecule has 0 heterocycles. The van der Waals surface area contributed by atoms with Gasteiger partial charge in [-0.2, -0.15) is 5.26 Å². The van der Waals surface area contributed by atoms with Crippen LogP contribution in [-0.4, -0.2) is 11.7 Å². The number of nitrogens with one attached hydrogen (secondary N) is 1. The van der Waals surface area contributed by atoms with E-state index in [2.05, 4.69) is 12.2 Å². The summed E-state index contributed by atoms with van der Waals surface area (Å²) >= 11 is 1.66. The van der Waals surface area contributed by atoms with Crippen LogP contribution in [0.1, 0.15) is 13.3 Å². The first-order chi connectivity index (χ1) is 7.27. The molecule has 0 saturated heterocycles. The van der Waals surface area contributed by atoms with Crippen LogP contribution in [0.25, 0.3) is 0 Å². The molecular weight excluding hydrogens is 208 g/mol. The van der Waals surface area contributed by atoms with Gasteiger partial charge in [-0.15, -0.1) is 11.8 Å². The zero-order chi connectivity index (χ0) is 11.1. The lowest BCUT2D eigenvalue weighted by atomic mass is 10.3. The smallest absolute Gasteiger partial charge is 0.238 e. The van der Waals surface area contributed by atoms with E-state index >= 15 is 0 Å². The van der Waals surface area contributed by atoms with Crippen molar-refractivity contribution in [1.82, 2.24) is 0 Å². The average molecular weight is 220 g/mol. The zero-order valence-corrected chi connectivity index (χ0v) is 9.30. The van der Waals surface area contributed by atoms with Gasteiger partial charge in [0.2, 0.25) is 5.91 Å². The molecule has 0 fully saturated rings. The fourth-order valence-corrected chi connectivity index (χ4v) is 1.88. The molecule has 1 aromatic carbocycles. The normalized spacial score (nSPS) is 9.33. The van der Waals surface area contributed by atoms with E-state index in [0.29, 0.717) is 0 Å². The minimum Gasteiger partial charge on any atom is -0.324 e. The first-order valence-electron chi connectivity index (χ1n) is 4.66. The molecule has 3 nitrogen and oxygen atoms in total. The maximum absolute atomic E-state index is 11.2. The second-order valence-corrected chi connectivity index (χ2v) is 4.12. The Morgan fingerprint density at radius 3 is 2.93 bits per heavy atom. The minimum absolute atomic E-state index is 0.106. The second-order valence-electron chi connectivity index (χ2n) is 2.81. The van der Waals surface area contributed by atoms with Gasteiger partial charge in [0, 0.05) is 4.90 Å². The van der Waals surface area contributed by atoms with Gasteiger partial charge in [0.05, 0.1) is 11.8 Å². The number of amides is 1. The number of thioether (sulfide) groups is 1. The van der Waals surface area contributed by atoms with E-state index in [9.17, 15) is 4.79 Å². The molecule has 78 valence electrons. The second kappa shape index (κ2) is 6.10. The lowest BCUT2D eigenvalue weighted by Crippen LogP contribution is -2.10. The molecule has 1 N–H and O–H groups in total. The molecule has 0 aromatic heterocycles. The predicted molar refractivity (Wildman–Crippen MR) is 61.7 cm³/mol. The van der Waals surface area contributed by atoms with Gasteiger partial charge in [0.25, 0.3) is 0 Å². The molecule has 1 amide bonds. The maximum atomic E-state index is 11.2. The Bertz CT molecular complexity index is 384. The van der Waals surface area contributed by atoms with Gasteiger partial charge in [-0.25, -0.2) is 0 Å². The number of benzene rings is 1. The summed E-state index contributed by atoms with van der Waals surface area (Å²) in [6.45, 7) is 2.05. The zero-order valence-electron chi connectivity index (χ0n) is 8.49. The van der Waals surface area contributed by atoms with Crippen molar-refractivity contribution in [3.63, 3.8) is 0 Å². The van der Waals surface area contributed by atoms with E-state index in [4.69, 9.17) is 5.26 Å². The Kier molecular flexibility index (Phi) is 4.72. The number of carbonyl (C=O) groups excluding carboxylic acids is 1. The fourth-order valence-electron chi connectivity index (χ4n) is 1.12. The van der Waals surface area contributed by atoms with E-state index in [0.717, 1.165) is 16.3 Å². The summed E-state index contributed by atoms with van der Waals surface area (Å²) in [5.41, 5.74) is 0.782. The van der Waals surface area contributed by atoms with Crippen LogP contribution in [0, 0.1) is 11.3 Å². The molecule has 0 saturated carbocycles. The van der Waals surface area contributed by atoms with Crippen LogP contribution in [-0.2, 0) is 4.79 Å². The lowest BCUT2D eigenvalue weighted by Gasteiger charge is -2.08. The van der Waals surface area contributed by atoms with Crippen LogP contribution < -0.4 is 5.32 Å². The Balaban J connectivity index is 2.75. The number of anilines is 1. The number of para-hydroxylation sites is 1. The maximum Gasteiger partial charge on any atom is 0.238 e. The molecule has 15 heavy (non-hydrogen) atoms. The Hall–Kier alpha value is -1.47. The van der Waals surface area contributed by atoms with Crippen molar-refractivity contribution in [3.8, 4) is 6.07 Å². The third kappa shape index (κ3) is 3.64. The van der Waals surface area contributed by atoms with E-state index in [1.54, 1.807) is 11.8 Å². The third-order valence-electron chi connectivity index (χ3n) is 1.70. The number of hydrogen-bond donors (Lipinski definition) is 1. The van der Waals surface area contributed by atoms with Crippen molar-refractivity contribution in [2.24, 2.45) is 0 Å². The molecule has 0 aliphatic rings. The number of nitrogens with zero attached hydrogens (tertiary/aromatic N) is 1. The molecule has 0 aliphatic heterocycles. The molecule has 1 aromatic rings. The molecule has 0 aliphatic carbocycles. The summed E-state index contributed by atoms with van der Waals surface area (Å²) in [7, 11) is 0. The van der Waals surface area contributed by atoms with Gasteiger partial charge >= 0.3 is 0 Å². The van der Waals surface area contributed by atoms with Crippen LogP contribution in [0.3, 0.4) is 0 Å². The summed E-state index contributed by atoms with van der Waals surface area (Å²) < 4.78 is 0. The number of nitriles is 1. The largest absolute Gasteiger partial charge is 0.324 e. The molecule has 0 spiro atoms. The molecule has 0 atom stereocenters. The highest BCUT2D eigenvalue weighted by Crippen LogP contribution is 2.26. The molecule has 0 unspecified atom stereocenters. The summed E-state index contributed by atoms with van der Waals surface area (Å²) in [4.78, 5) is 12.3. The van der Waals surface area contributed by atoms with Crippen LogP contribution in [0.2, 0.25) is 0 Å². The van der Waals surface area contributed by atoms with Crippen molar-refractivity contribution in [2.75, 3.05) is 11.1 Å². The van der Waals surface area contributed by atoms with Crippen molar-refractivity contribution < 1.29 is 4.79 Å². The Labute approximate surface area is 93.5 Å². The van der Waals surface area contributed by atoms with Crippen LogP contribution >= 0.6 is 11.8 Å². The Morgan fingerprint density at radius 1 is 1.53 bits per heavy atom. The highest BCUT2D eigenvalue weighted by atomic mass is 32.2. The highest BCUT2D eigenvalue weighted by Gasteiger charge is 2.05. The molecule has 0 bridgehead atoms. The van der Waals surface area contributed by atoms with E-state index < -0.39 is 0 Å². The molecule has 1 rings (SSSR count). The van der Waals surface area contributed by atoms with Gasteiger partial charge in [0.1, 0.15) is 6.42 Å². The molecule has 0 radical (unpaired) electrons. The van der Waals surface area contributed by atoms with Gasteiger partial charge in [-0.3, -0.25) is 4.79 Å². The van der Waals surface area contributed by atoms with Gasteiger partial charge < -0.3 is 5.32 Å². The van der Waals surface area contributed by atoms with Crippen LogP contribution in [0.4, 0.5) is 5.69 Å². The minimum atomic E-state index is -0.262. The van der Waals surface area contributed by atoms with Gasteiger partial charge in [-0.05, 0) is 17.9 Å². The summed E-state index contributed by atoms with van der Waals surface area (Å²) in [6.07, 6.45) is -0.106. The summed E-state index contributed by atoms with van der Waals surface area (Å²) in [6, 6.07) is 9.41. The lowest BCUT2D eigenvalue weighted by molar-refractivity contribution is -0.115. The first-order valence-corrected chi connectivity index (χ1v) is 5.65. The van der Waals surface area contributed by atoms with Crippen LogP contribution in [0.15, 0.2) is 29.2 Å². The number of carbonyl (C=O) groups is 1. The van der Waals surface area contributed by atoms with Crippen molar-refractivity contribution in [3.05, 3.63) is 24.3 Å². The third-order valence-corrected chi connectivity index (χ3v) is 2.66. The molecule has 4 heteroatoms. The summed E-state index contributed by atoms with van der Waals surface area (Å²) in [5.74, 6) is 0.687.